The van der Waals surface area contributed by atoms with Crippen LogP contribution >= 0.6 is 0 Å². The highest BCUT2D eigenvalue weighted by Crippen LogP contribution is 2.23. The molecule has 0 aliphatic rings. The molecular formula is C23H25N3O2. The molecule has 0 fully saturated rings. The minimum atomic E-state index is -0.564. The number of nitrogens with two attached hydrogens (primary N) is 2. The van der Waals surface area contributed by atoms with Gasteiger partial charge in [-0.25, -0.2) is 0 Å². The highest BCUT2D eigenvalue weighted by atomic mass is 16.2. The van der Waals surface area contributed by atoms with Crippen molar-refractivity contribution in [3.63, 3.8) is 0 Å². The van der Waals surface area contributed by atoms with Crippen molar-refractivity contribution >= 4 is 17.5 Å². The molecule has 3 aromatic rings. The predicted molar refractivity (Wildman–Crippen MR) is 112 cm³/mol. The van der Waals surface area contributed by atoms with Crippen LogP contribution in [0.4, 0.5) is 5.69 Å². The summed E-state index contributed by atoms with van der Waals surface area (Å²) in [5.41, 5.74) is 12.8. The number of anilines is 1. The molecule has 5 nitrogen and oxygen atoms in total. The Kier molecular flexibility index (Phi) is 7.78. The molecule has 5 heteroatoms. The number of carbonyl (C=O) groups is 2. The van der Waals surface area contributed by atoms with Gasteiger partial charge in [0.1, 0.15) is 6.54 Å². The van der Waals surface area contributed by atoms with E-state index < -0.39 is 5.91 Å². The van der Waals surface area contributed by atoms with Gasteiger partial charge >= 0.3 is 0 Å². The molecule has 0 spiro atoms. The topological polar surface area (TPSA) is 89.4 Å². The summed E-state index contributed by atoms with van der Waals surface area (Å²) in [7, 11) is 0. The number of rotatable bonds is 5. The monoisotopic (exact) mass is 375 g/mol. The lowest BCUT2D eigenvalue weighted by atomic mass is 10.0. The smallest absolute Gasteiger partial charge is 0.256 e. The molecule has 3 rings (SSSR count). The number of primary amides is 1. The summed E-state index contributed by atoms with van der Waals surface area (Å²) in [5, 5.41) is 0. The summed E-state index contributed by atoms with van der Waals surface area (Å²) in [6.45, 7) is 1.69. The Bertz CT molecular complexity index is 856. The van der Waals surface area contributed by atoms with Gasteiger partial charge in [0, 0.05) is 5.69 Å². The molecule has 3 aromatic carbocycles. The molecule has 1 unspecified atom stereocenters. The van der Waals surface area contributed by atoms with Crippen LogP contribution in [0.1, 0.15) is 28.9 Å². The number of amides is 2. The maximum Gasteiger partial charge on any atom is 0.256 e. The highest BCUT2D eigenvalue weighted by Gasteiger charge is 2.25. The fourth-order valence-corrected chi connectivity index (χ4v) is 2.70. The van der Waals surface area contributed by atoms with E-state index in [4.69, 9.17) is 11.5 Å². The van der Waals surface area contributed by atoms with Crippen LogP contribution in [0.2, 0.25) is 0 Å². The lowest BCUT2D eigenvalue weighted by molar-refractivity contribution is -0.119. The second-order valence-electron chi connectivity index (χ2n) is 6.23. The first-order valence-corrected chi connectivity index (χ1v) is 8.99. The average molecular weight is 375 g/mol. The maximum atomic E-state index is 12.8. The van der Waals surface area contributed by atoms with E-state index in [1.54, 1.807) is 24.3 Å². The van der Waals surface area contributed by atoms with Gasteiger partial charge in [-0.3, -0.25) is 9.59 Å². The van der Waals surface area contributed by atoms with Gasteiger partial charge < -0.3 is 16.4 Å². The molecule has 0 radical (unpaired) electrons. The number of para-hydroxylation sites is 1. The molecule has 0 bridgehead atoms. The zero-order valence-corrected chi connectivity index (χ0v) is 15.9. The summed E-state index contributed by atoms with van der Waals surface area (Å²) < 4.78 is 0. The van der Waals surface area contributed by atoms with Crippen LogP contribution in [-0.2, 0) is 4.79 Å². The first-order valence-electron chi connectivity index (χ1n) is 8.99. The summed E-state index contributed by atoms with van der Waals surface area (Å²) >= 11 is 0. The van der Waals surface area contributed by atoms with Crippen LogP contribution in [0, 0.1) is 0 Å². The van der Waals surface area contributed by atoms with Gasteiger partial charge in [0.15, 0.2) is 0 Å². The molecule has 0 saturated carbocycles. The van der Waals surface area contributed by atoms with Crippen LogP contribution in [0.25, 0.3) is 0 Å². The van der Waals surface area contributed by atoms with E-state index in [0.29, 0.717) is 11.3 Å². The van der Waals surface area contributed by atoms with Crippen LogP contribution in [-0.4, -0.2) is 23.3 Å². The molecule has 4 N–H and O–H groups in total. The van der Waals surface area contributed by atoms with Gasteiger partial charge in [0.25, 0.3) is 5.91 Å². The van der Waals surface area contributed by atoms with E-state index in [-0.39, 0.29) is 18.5 Å². The second-order valence-corrected chi connectivity index (χ2v) is 6.23. The van der Waals surface area contributed by atoms with Crippen molar-refractivity contribution in [1.82, 2.24) is 4.90 Å². The minimum Gasteiger partial charge on any atom is -0.398 e. The van der Waals surface area contributed by atoms with E-state index in [1.807, 2.05) is 73.7 Å². The second kappa shape index (κ2) is 10.5. The number of nitrogens with zero attached hydrogens (tertiary/aromatic N) is 1. The van der Waals surface area contributed by atoms with Crippen molar-refractivity contribution < 1.29 is 9.59 Å². The van der Waals surface area contributed by atoms with E-state index in [2.05, 4.69) is 0 Å². The van der Waals surface area contributed by atoms with Gasteiger partial charge in [0.05, 0.1) is 11.6 Å². The number of carbonyl (C=O) groups excluding carboxylic acids is 2. The third-order valence-electron chi connectivity index (χ3n) is 4.19. The van der Waals surface area contributed by atoms with Gasteiger partial charge in [-0.15, -0.1) is 0 Å². The van der Waals surface area contributed by atoms with Gasteiger partial charge in [0.2, 0.25) is 5.91 Å². The van der Waals surface area contributed by atoms with Crippen LogP contribution in [0.15, 0.2) is 91.0 Å². The quantitative estimate of drug-likeness (QED) is 0.667. The van der Waals surface area contributed by atoms with E-state index in [1.165, 1.54) is 4.90 Å². The molecule has 1 atom stereocenters. The Hall–Kier alpha value is -3.60. The van der Waals surface area contributed by atoms with Crippen molar-refractivity contribution in [2.75, 3.05) is 12.3 Å². The predicted octanol–water partition coefficient (Wildman–Crippen LogP) is 3.64. The zero-order valence-electron chi connectivity index (χ0n) is 15.9. The molecule has 0 heterocycles. The van der Waals surface area contributed by atoms with Crippen molar-refractivity contribution in [3.05, 3.63) is 102 Å². The highest BCUT2D eigenvalue weighted by molar-refractivity contribution is 6.00. The summed E-state index contributed by atoms with van der Waals surface area (Å²) in [4.78, 5) is 25.6. The molecule has 0 aromatic heterocycles. The number of nitrogen functional groups attached to an aromatic ring is 1. The van der Waals surface area contributed by atoms with Crippen LogP contribution in [0.3, 0.4) is 0 Å². The lowest BCUT2D eigenvalue weighted by Gasteiger charge is -2.29. The zero-order chi connectivity index (χ0) is 20.4. The standard InChI is InChI=1S/C17H19N3O2.C6H6/c1-12(13-7-3-2-4-8-13)20(11-16(19)21)17(22)14-9-5-6-10-15(14)18;1-2-4-6-5-3-1/h2-10,12H,11,18H2,1H3,(H2,19,21);1-6H. The van der Waals surface area contributed by atoms with Crippen LogP contribution in [0.5, 0.6) is 0 Å². The van der Waals surface area contributed by atoms with Crippen molar-refractivity contribution in [2.45, 2.75) is 13.0 Å². The summed E-state index contributed by atoms with van der Waals surface area (Å²) in [6.07, 6.45) is 0. The van der Waals surface area contributed by atoms with Crippen molar-refractivity contribution in [2.24, 2.45) is 5.73 Å². The summed E-state index contributed by atoms with van der Waals surface area (Å²) in [6, 6.07) is 28.0. The first kappa shape index (κ1) is 20.7. The molecule has 2 amide bonds. The molecule has 144 valence electrons. The Labute approximate surface area is 165 Å². The Balaban J connectivity index is 0.000000397. The fraction of sp³-hybridized carbons (Fsp3) is 0.130. The fourth-order valence-electron chi connectivity index (χ4n) is 2.70. The molecule has 0 aliphatic heterocycles. The van der Waals surface area contributed by atoms with Crippen molar-refractivity contribution in [1.29, 1.82) is 0 Å². The number of hydrogen-bond donors (Lipinski definition) is 2. The SMILES string of the molecule is CC(c1ccccc1)N(CC(N)=O)C(=O)c1ccccc1N.c1ccccc1. The largest absolute Gasteiger partial charge is 0.398 e. The van der Waals surface area contributed by atoms with Crippen molar-refractivity contribution in [3.8, 4) is 0 Å². The Morgan fingerprint density at radius 3 is 1.79 bits per heavy atom. The van der Waals surface area contributed by atoms with Gasteiger partial charge in [-0.2, -0.15) is 0 Å². The average Bonchev–Trinajstić information content (AvgIpc) is 2.73. The van der Waals surface area contributed by atoms with E-state index >= 15 is 0 Å². The molecular weight excluding hydrogens is 350 g/mol. The molecule has 0 aliphatic carbocycles. The maximum absolute atomic E-state index is 12.8. The van der Waals surface area contributed by atoms with E-state index in [9.17, 15) is 9.59 Å². The van der Waals surface area contributed by atoms with E-state index in [0.717, 1.165) is 5.56 Å². The minimum absolute atomic E-state index is 0.163. The van der Waals surface area contributed by atoms with Crippen LogP contribution < -0.4 is 11.5 Å². The Morgan fingerprint density at radius 2 is 1.29 bits per heavy atom. The Morgan fingerprint density at radius 1 is 0.821 bits per heavy atom. The number of hydrogen-bond acceptors (Lipinski definition) is 3. The molecule has 28 heavy (non-hydrogen) atoms. The first-order chi connectivity index (χ1) is 13.5. The van der Waals surface area contributed by atoms with Gasteiger partial charge in [-0.05, 0) is 24.6 Å². The van der Waals surface area contributed by atoms with Gasteiger partial charge in [-0.1, -0.05) is 78.9 Å². The third kappa shape index (κ3) is 5.99. The molecule has 0 saturated heterocycles. The normalized spacial score (nSPS) is 10.9. The third-order valence-corrected chi connectivity index (χ3v) is 4.19. The number of benzene rings is 3. The lowest BCUT2D eigenvalue weighted by Crippen LogP contribution is -2.40. The summed E-state index contributed by atoms with van der Waals surface area (Å²) in [5.74, 6) is -0.876.